The standard InChI is InChI=1S/C8H11O4.3C4H9.Sn/c1-5(2)7(10)3-6(9)4-8(11)12;3*1-3-4-2;/h1,7,10H,3-4H2,2H3,(H,11,12);3*1,3-4H2,2H3;. The molecule has 0 saturated heterocycles. The van der Waals surface area contributed by atoms with Gasteiger partial charge in [0, 0.05) is 0 Å². The third kappa shape index (κ3) is 11.1. The van der Waals surface area contributed by atoms with Crippen LogP contribution in [0.25, 0.3) is 0 Å². The minimum absolute atomic E-state index is 0.0775. The van der Waals surface area contributed by atoms with Gasteiger partial charge in [0.1, 0.15) is 0 Å². The summed E-state index contributed by atoms with van der Waals surface area (Å²) in [5.74, 6) is -1.52. The first-order valence-electron chi connectivity index (χ1n) is 9.91. The summed E-state index contributed by atoms with van der Waals surface area (Å²) < 4.78 is 6.36. The van der Waals surface area contributed by atoms with E-state index >= 15 is 0 Å². The number of aliphatic hydroxyl groups excluding tert-OH is 1. The summed E-state index contributed by atoms with van der Waals surface area (Å²) in [4.78, 5) is 22.3. The van der Waals surface area contributed by atoms with Gasteiger partial charge in [-0.1, -0.05) is 0 Å². The number of carbonyl (C=O) groups is 2. The van der Waals surface area contributed by atoms with Crippen molar-refractivity contribution in [3.05, 3.63) is 9.67 Å². The molecule has 146 valence electrons. The summed E-state index contributed by atoms with van der Waals surface area (Å²) >= 11 is -2.49. The van der Waals surface area contributed by atoms with Gasteiger partial charge < -0.3 is 0 Å². The summed E-state index contributed by atoms with van der Waals surface area (Å²) in [5, 5.41) is 19.1. The number of carboxylic acids is 1. The third-order valence-electron chi connectivity index (χ3n) is 4.91. The maximum atomic E-state index is 11.7. The van der Waals surface area contributed by atoms with E-state index < -0.39 is 42.7 Å². The second kappa shape index (κ2) is 13.8. The van der Waals surface area contributed by atoms with E-state index in [1.165, 1.54) is 51.8 Å². The average molecular weight is 461 g/mol. The van der Waals surface area contributed by atoms with Crippen molar-refractivity contribution in [3.8, 4) is 0 Å². The molecule has 2 N–H and O–H groups in total. The van der Waals surface area contributed by atoms with Crippen molar-refractivity contribution in [2.24, 2.45) is 0 Å². The summed E-state index contributed by atoms with van der Waals surface area (Å²) in [5.41, 5.74) is 0.901. The van der Waals surface area contributed by atoms with Gasteiger partial charge in [-0.3, -0.25) is 0 Å². The average Bonchev–Trinajstić information content (AvgIpc) is 2.55. The molecule has 5 heteroatoms. The summed E-state index contributed by atoms with van der Waals surface area (Å²) in [6, 6.07) is 0. The van der Waals surface area contributed by atoms with Gasteiger partial charge in [-0.25, -0.2) is 0 Å². The van der Waals surface area contributed by atoms with Gasteiger partial charge in [0.05, 0.1) is 0 Å². The Morgan fingerprint density at radius 3 is 1.76 bits per heavy atom. The molecule has 0 heterocycles. The van der Waals surface area contributed by atoms with E-state index in [4.69, 9.17) is 5.11 Å². The quantitative estimate of drug-likeness (QED) is 0.263. The molecule has 0 aromatic carbocycles. The summed E-state index contributed by atoms with van der Waals surface area (Å²) in [6.45, 7) is 8.61. The second-order valence-corrected chi connectivity index (χ2v) is 20.3. The van der Waals surface area contributed by atoms with Crippen molar-refractivity contribution < 1.29 is 19.8 Å². The van der Waals surface area contributed by atoms with Crippen LogP contribution in [0.2, 0.25) is 13.3 Å². The molecule has 0 fully saturated rings. The van der Waals surface area contributed by atoms with Gasteiger partial charge in [0.25, 0.3) is 0 Å². The summed E-state index contributed by atoms with van der Waals surface area (Å²) in [7, 11) is 0. The van der Waals surface area contributed by atoms with Gasteiger partial charge in [0.15, 0.2) is 0 Å². The molecule has 0 aliphatic carbocycles. The van der Waals surface area contributed by atoms with Crippen LogP contribution in [-0.4, -0.2) is 46.4 Å². The van der Waals surface area contributed by atoms with Gasteiger partial charge in [-0.2, -0.15) is 0 Å². The van der Waals surface area contributed by atoms with Crippen molar-refractivity contribution in [2.75, 3.05) is 0 Å². The SMILES string of the molecule is CCC[CH2][Sn]([CH]=C(C)C(O)CC(=O)CC(=O)O)([CH2]CCC)[CH2]CCC. The Kier molecular flexibility index (Phi) is 13.6. The molecule has 0 rings (SSSR count). The van der Waals surface area contributed by atoms with Crippen molar-refractivity contribution in [1.29, 1.82) is 0 Å². The number of Topliss-reactive ketones (excluding diaryl/α,β-unsaturated/α-hetero) is 1. The number of ketones is 1. The number of hydrogen-bond donors (Lipinski definition) is 2. The zero-order valence-electron chi connectivity index (χ0n) is 16.6. The fraction of sp³-hybridized carbons (Fsp3) is 0.800. The first kappa shape index (κ1) is 24.6. The van der Waals surface area contributed by atoms with Crippen molar-refractivity contribution in [3.63, 3.8) is 0 Å². The molecule has 0 aliphatic heterocycles. The minimum atomic E-state index is -2.49. The van der Waals surface area contributed by atoms with E-state index in [0.29, 0.717) is 0 Å². The molecule has 0 saturated carbocycles. The zero-order valence-corrected chi connectivity index (χ0v) is 19.5. The molecule has 0 amide bonds. The topological polar surface area (TPSA) is 74.6 Å². The number of carbonyl (C=O) groups excluding carboxylic acids is 1. The normalized spacial score (nSPS) is 13.7. The molecule has 1 atom stereocenters. The molecule has 0 spiro atoms. The number of aliphatic carboxylic acids is 1. The molecular formula is C20H38O4Sn. The number of unbranched alkanes of at least 4 members (excludes halogenated alkanes) is 3. The van der Waals surface area contributed by atoms with E-state index in [9.17, 15) is 14.7 Å². The first-order chi connectivity index (χ1) is 11.8. The third-order valence-corrected chi connectivity index (χ3v) is 19.5. The molecule has 4 nitrogen and oxygen atoms in total. The number of aliphatic hydroxyl groups is 1. The van der Waals surface area contributed by atoms with E-state index in [-0.39, 0.29) is 6.42 Å². The Hall–Kier alpha value is -0.361. The first-order valence-corrected chi connectivity index (χ1v) is 17.6. The fourth-order valence-corrected chi connectivity index (χ4v) is 19.1. The Labute approximate surface area is 158 Å². The molecule has 1 unspecified atom stereocenters. The van der Waals surface area contributed by atoms with Crippen molar-refractivity contribution in [1.82, 2.24) is 0 Å². The van der Waals surface area contributed by atoms with Gasteiger partial charge in [0.2, 0.25) is 0 Å². The Morgan fingerprint density at radius 2 is 1.40 bits per heavy atom. The number of hydrogen-bond acceptors (Lipinski definition) is 3. The molecule has 0 aliphatic rings. The predicted molar refractivity (Wildman–Crippen MR) is 107 cm³/mol. The van der Waals surface area contributed by atoms with Crippen LogP contribution in [0.15, 0.2) is 9.67 Å². The van der Waals surface area contributed by atoms with Crippen LogP contribution in [0.1, 0.15) is 79.1 Å². The Bertz CT molecular complexity index is 410. The second-order valence-electron chi connectivity index (χ2n) is 7.39. The van der Waals surface area contributed by atoms with Crippen LogP contribution in [-0.2, 0) is 9.59 Å². The molecule has 25 heavy (non-hydrogen) atoms. The fourth-order valence-electron chi connectivity index (χ4n) is 3.37. The van der Waals surface area contributed by atoms with E-state index in [2.05, 4.69) is 24.9 Å². The molecule has 0 aromatic rings. The van der Waals surface area contributed by atoms with Gasteiger partial charge in [-0.15, -0.1) is 0 Å². The van der Waals surface area contributed by atoms with E-state index in [0.717, 1.165) is 5.57 Å². The molecule has 0 aromatic heterocycles. The monoisotopic (exact) mass is 462 g/mol. The van der Waals surface area contributed by atoms with Crippen LogP contribution >= 0.6 is 0 Å². The number of carboxylic acid groups (broad SMARTS) is 1. The van der Waals surface area contributed by atoms with Crippen LogP contribution < -0.4 is 0 Å². The molecule has 0 bridgehead atoms. The Morgan fingerprint density at radius 1 is 0.960 bits per heavy atom. The van der Waals surface area contributed by atoms with Crippen LogP contribution in [0.5, 0.6) is 0 Å². The van der Waals surface area contributed by atoms with Crippen molar-refractivity contribution in [2.45, 2.75) is 98.5 Å². The van der Waals surface area contributed by atoms with E-state index in [1.54, 1.807) is 0 Å². The maximum absolute atomic E-state index is 11.7. The predicted octanol–water partition coefficient (Wildman–Crippen LogP) is 5.12. The zero-order chi connectivity index (χ0) is 19.3. The molecular weight excluding hydrogens is 423 g/mol. The van der Waals surface area contributed by atoms with Crippen LogP contribution in [0.4, 0.5) is 0 Å². The van der Waals surface area contributed by atoms with Crippen LogP contribution in [0.3, 0.4) is 0 Å². The molecule has 0 radical (unpaired) electrons. The van der Waals surface area contributed by atoms with E-state index in [1.807, 2.05) is 6.92 Å². The van der Waals surface area contributed by atoms with Crippen LogP contribution in [0, 0.1) is 0 Å². The van der Waals surface area contributed by atoms with Gasteiger partial charge >= 0.3 is 158 Å². The van der Waals surface area contributed by atoms with Gasteiger partial charge in [-0.05, 0) is 0 Å². The summed E-state index contributed by atoms with van der Waals surface area (Å²) in [6.07, 6.45) is 5.94. The Balaban J connectivity index is 5.25. The van der Waals surface area contributed by atoms with Crippen molar-refractivity contribution >= 4 is 30.1 Å². The number of rotatable bonds is 15.